The first-order valence-electron chi connectivity index (χ1n) is 5.77. The van der Waals surface area contributed by atoms with Gasteiger partial charge in [-0.15, -0.1) is 0 Å². The largest absolute Gasteiger partial charge is 0.493 e. The predicted octanol–water partition coefficient (Wildman–Crippen LogP) is 3.87. The lowest BCUT2D eigenvalue weighted by Gasteiger charge is -2.06. The van der Waals surface area contributed by atoms with Gasteiger partial charge in [-0.05, 0) is 11.6 Å². The van der Waals surface area contributed by atoms with Crippen molar-refractivity contribution in [3.05, 3.63) is 69.2 Å². The van der Waals surface area contributed by atoms with E-state index in [1.807, 2.05) is 30.3 Å². The maximum absolute atomic E-state index is 10.6. The second kappa shape index (κ2) is 6.20. The van der Waals surface area contributed by atoms with Crippen molar-refractivity contribution in [1.29, 1.82) is 0 Å². The van der Waals surface area contributed by atoms with Gasteiger partial charge in [-0.25, -0.2) is 0 Å². The van der Waals surface area contributed by atoms with Gasteiger partial charge in [0.15, 0.2) is 0 Å². The number of nitro groups is 1. The van der Waals surface area contributed by atoms with Crippen LogP contribution in [0.5, 0.6) is 5.75 Å². The Morgan fingerprint density at radius 3 is 2.53 bits per heavy atom. The number of halogens is 1. The van der Waals surface area contributed by atoms with E-state index in [2.05, 4.69) is 0 Å². The molecule has 0 saturated carbocycles. The Morgan fingerprint density at radius 2 is 1.89 bits per heavy atom. The molecule has 19 heavy (non-hydrogen) atoms. The summed E-state index contributed by atoms with van der Waals surface area (Å²) in [5, 5.41) is 10.7. The topological polar surface area (TPSA) is 52.4 Å². The number of ether oxygens (including phenoxy) is 1. The molecule has 0 N–H and O–H groups in total. The lowest BCUT2D eigenvalue weighted by Crippen LogP contribution is -2.01. The van der Waals surface area contributed by atoms with Gasteiger partial charge >= 0.3 is 0 Å². The zero-order valence-electron chi connectivity index (χ0n) is 10.1. The molecule has 0 amide bonds. The molecule has 0 spiro atoms. The van der Waals surface area contributed by atoms with Gasteiger partial charge in [-0.3, -0.25) is 10.1 Å². The van der Waals surface area contributed by atoms with Crippen molar-refractivity contribution in [2.45, 2.75) is 6.42 Å². The van der Waals surface area contributed by atoms with E-state index < -0.39 is 4.92 Å². The molecule has 0 aliphatic heterocycles. The quantitative estimate of drug-likeness (QED) is 0.616. The first-order chi connectivity index (χ1) is 9.16. The van der Waals surface area contributed by atoms with Crippen molar-refractivity contribution in [2.75, 3.05) is 6.61 Å². The van der Waals surface area contributed by atoms with Gasteiger partial charge < -0.3 is 4.74 Å². The van der Waals surface area contributed by atoms with Gasteiger partial charge in [0.2, 0.25) is 0 Å². The van der Waals surface area contributed by atoms with E-state index in [1.165, 1.54) is 17.7 Å². The summed E-state index contributed by atoms with van der Waals surface area (Å²) in [7, 11) is 0. The standard InChI is InChI=1S/C14H12ClNO3/c15-13-10-12(6-7-14(13)16(17)18)19-9-8-11-4-2-1-3-5-11/h1-7,10H,8-9H2. The zero-order valence-corrected chi connectivity index (χ0v) is 10.8. The van der Waals surface area contributed by atoms with E-state index >= 15 is 0 Å². The zero-order chi connectivity index (χ0) is 13.7. The number of nitro benzene ring substituents is 1. The number of hydrogen-bond acceptors (Lipinski definition) is 3. The van der Waals surface area contributed by atoms with Crippen LogP contribution in [0.1, 0.15) is 5.56 Å². The fraction of sp³-hybridized carbons (Fsp3) is 0.143. The van der Waals surface area contributed by atoms with Crippen LogP contribution in [0.3, 0.4) is 0 Å². The van der Waals surface area contributed by atoms with Crippen LogP contribution in [0.4, 0.5) is 5.69 Å². The van der Waals surface area contributed by atoms with Crippen LogP contribution in [0.25, 0.3) is 0 Å². The van der Waals surface area contributed by atoms with Gasteiger partial charge in [-0.1, -0.05) is 41.9 Å². The summed E-state index contributed by atoms with van der Waals surface area (Å²) in [6.45, 7) is 0.498. The molecule has 2 aromatic carbocycles. The van der Waals surface area contributed by atoms with E-state index in [9.17, 15) is 10.1 Å². The molecule has 0 aliphatic rings. The highest BCUT2D eigenvalue weighted by Crippen LogP contribution is 2.28. The van der Waals surface area contributed by atoms with Crippen LogP contribution in [0, 0.1) is 10.1 Å². The molecule has 0 aromatic heterocycles. The van der Waals surface area contributed by atoms with Gasteiger partial charge in [0.05, 0.1) is 11.5 Å². The Hall–Kier alpha value is -2.07. The van der Waals surface area contributed by atoms with Crippen LogP contribution in [-0.4, -0.2) is 11.5 Å². The smallest absolute Gasteiger partial charge is 0.288 e. The molecule has 0 unspecified atom stereocenters. The normalized spacial score (nSPS) is 10.2. The molecule has 5 heteroatoms. The molecular weight excluding hydrogens is 266 g/mol. The maximum Gasteiger partial charge on any atom is 0.288 e. The summed E-state index contributed by atoms with van der Waals surface area (Å²) in [5.41, 5.74) is 1.06. The fourth-order valence-electron chi connectivity index (χ4n) is 1.66. The van der Waals surface area contributed by atoms with E-state index in [0.29, 0.717) is 12.4 Å². The Labute approximate surface area is 115 Å². The third-order valence-electron chi connectivity index (χ3n) is 2.62. The molecule has 2 aromatic rings. The Bertz CT molecular complexity index is 572. The molecule has 0 radical (unpaired) electrons. The number of rotatable bonds is 5. The summed E-state index contributed by atoms with van der Waals surface area (Å²) in [6, 6.07) is 14.3. The number of benzene rings is 2. The van der Waals surface area contributed by atoms with E-state index in [-0.39, 0.29) is 10.7 Å². The van der Waals surface area contributed by atoms with Crippen LogP contribution < -0.4 is 4.74 Å². The summed E-state index contributed by atoms with van der Waals surface area (Å²) >= 11 is 5.80. The highest BCUT2D eigenvalue weighted by atomic mass is 35.5. The summed E-state index contributed by atoms with van der Waals surface area (Å²) in [4.78, 5) is 10.1. The third-order valence-corrected chi connectivity index (χ3v) is 2.92. The first-order valence-corrected chi connectivity index (χ1v) is 6.15. The van der Waals surface area contributed by atoms with Crippen LogP contribution in [-0.2, 0) is 6.42 Å². The van der Waals surface area contributed by atoms with Crippen molar-refractivity contribution < 1.29 is 9.66 Å². The van der Waals surface area contributed by atoms with Crippen molar-refractivity contribution in [1.82, 2.24) is 0 Å². The second-order valence-electron chi connectivity index (χ2n) is 3.95. The van der Waals surface area contributed by atoms with Gasteiger partial charge in [0.25, 0.3) is 5.69 Å². The number of hydrogen-bond donors (Lipinski definition) is 0. The first kappa shape index (κ1) is 13.4. The highest BCUT2D eigenvalue weighted by Gasteiger charge is 2.12. The Kier molecular flexibility index (Phi) is 4.36. The monoisotopic (exact) mass is 277 g/mol. The highest BCUT2D eigenvalue weighted by molar-refractivity contribution is 6.32. The molecule has 0 heterocycles. The molecule has 98 valence electrons. The molecule has 2 rings (SSSR count). The lowest BCUT2D eigenvalue weighted by atomic mass is 10.2. The Morgan fingerprint density at radius 1 is 1.16 bits per heavy atom. The predicted molar refractivity (Wildman–Crippen MR) is 73.7 cm³/mol. The minimum atomic E-state index is -0.518. The van der Waals surface area contributed by atoms with Crippen molar-refractivity contribution in [3.8, 4) is 5.75 Å². The maximum atomic E-state index is 10.6. The van der Waals surface area contributed by atoms with Gasteiger partial charge in [0.1, 0.15) is 10.8 Å². The summed E-state index contributed by atoms with van der Waals surface area (Å²) < 4.78 is 5.52. The molecular formula is C14H12ClNO3. The van der Waals surface area contributed by atoms with Crippen LogP contribution in [0.15, 0.2) is 48.5 Å². The van der Waals surface area contributed by atoms with E-state index in [0.717, 1.165) is 6.42 Å². The molecule has 4 nitrogen and oxygen atoms in total. The Balaban J connectivity index is 1.93. The van der Waals surface area contributed by atoms with Crippen molar-refractivity contribution >= 4 is 17.3 Å². The minimum Gasteiger partial charge on any atom is -0.493 e. The molecule has 0 bridgehead atoms. The SMILES string of the molecule is O=[N+]([O-])c1ccc(OCCc2ccccc2)cc1Cl. The molecule has 0 aliphatic carbocycles. The average Bonchev–Trinajstić information content (AvgIpc) is 2.39. The summed E-state index contributed by atoms with van der Waals surface area (Å²) in [6.07, 6.45) is 0.773. The van der Waals surface area contributed by atoms with Gasteiger partial charge in [-0.2, -0.15) is 0 Å². The average molecular weight is 278 g/mol. The molecule has 0 saturated heterocycles. The van der Waals surface area contributed by atoms with Crippen LogP contribution in [0.2, 0.25) is 5.02 Å². The van der Waals surface area contributed by atoms with E-state index in [1.54, 1.807) is 6.07 Å². The lowest BCUT2D eigenvalue weighted by molar-refractivity contribution is -0.384. The van der Waals surface area contributed by atoms with E-state index in [4.69, 9.17) is 16.3 Å². The fourth-order valence-corrected chi connectivity index (χ4v) is 1.90. The van der Waals surface area contributed by atoms with Crippen molar-refractivity contribution in [3.63, 3.8) is 0 Å². The number of nitrogens with zero attached hydrogens (tertiary/aromatic N) is 1. The van der Waals surface area contributed by atoms with Crippen molar-refractivity contribution in [2.24, 2.45) is 0 Å². The van der Waals surface area contributed by atoms with Gasteiger partial charge in [0, 0.05) is 18.6 Å². The molecule has 0 atom stereocenters. The summed E-state index contributed by atoms with van der Waals surface area (Å²) in [5.74, 6) is 0.534. The second-order valence-corrected chi connectivity index (χ2v) is 4.36. The third kappa shape index (κ3) is 3.69. The van der Waals surface area contributed by atoms with Crippen LogP contribution >= 0.6 is 11.6 Å². The molecule has 0 fully saturated rings. The minimum absolute atomic E-state index is 0.0854.